The van der Waals surface area contributed by atoms with Crippen molar-refractivity contribution in [2.45, 2.75) is 12.2 Å². The molecule has 3 aromatic carbocycles. The molecule has 5 rings (SSSR count). The van der Waals surface area contributed by atoms with Gasteiger partial charge in [-0.2, -0.15) is 13.2 Å². The number of amides is 2. The zero-order chi connectivity index (χ0) is 28.9. The first-order valence-electron chi connectivity index (χ1n) is 11.6. The highest BCUT2D eigenvalue weighted by Crippen LogP contribution is 2.42. The van der Waals surface area contributed by atoms with Crippen molar-refractivity contribution < 1.29 is 31.5 Å². The first-order chi connectivity index (χ1) is 18.8. The van der Waals surface area contributed by atoms with Gasteiger partial charge >= 0.3 is 6.18 Å². The lowest BCUT2D eigenvalue weighted by atomic mass is 9.93. The van der Waals surface area contributed by atoms with Crippen molar-refractivity contribution in [3.63, 3.8) is 0 Å². The van der Waals surface area contributed by atoms with E-state index in [1.807, 2.05) is 0 Å². The zero-order valence-corrected chi connectivity index (χ0v) is 21.1. The summed E-state index contributed by atoms with van der Waals surface area (Å²) in [6.45, 7) is 0. The Hall–Kier alpha value is -4.51. The fourth-order valence-electron chi connectivity index (χ4n) is 4.52. The van der Waals surface area contributed by atoms with Crippen LogP contribution in [0.1, 0.15) is 43.4 Å². The van der Waals surface area contributed by atoms with Gasteiger partial charge < -0.3 is 15.2 Å². The van der Waals surface area contributed by atoms with Crippen molar-refractivity contribution in [3.8, 4) is 11.1 Å². The zero-order valence-electron chi connectivity index (χ0n) is 20.4. The molecule has 0 radical (unpaired) electrons. The van der Waals surface area contributed by atoms with Crippen LogP contribution >= 0.6 is 11.6 Å². The normalized spacial score (nSPS) is 14.6. The van der Waals surface area contributed by atoms with Gasteiger partial charge in [0.05, 0.1) is 11.6 Å². The average Bonchev–Trinajstić information content (AvgIpc) is 3.22. The third kappa shape index (κ3) is 5.07. The summed E-state index contributed by atoms with van der Waals surface area (Å²) in [6, 6.07) is 9.62. The summed E-state index contributed by atoms with van der Waals surface area (Å²) in [5.41, 5.74) is -1.03. The first kappa shape index (κ1) is 27.1. The number of nitrogens with zero attached hydrogens (tertiary/aromatic N) is 1. The number of fused-ring (bicyclic) bond motifs is 1. The van der Waals surface area contributed by atoms with Gasteiger partial charge in [-0.15, -0.1) is 0 Å². The molecule has 1 aliphatic heterocycles. The monoisotopic (exact) mass is 573 g/mol. The molecule has 0 saturated carbocycles. The van der Waals surface area contributed by atoms with Gasteiger partial charge in [0.1, 0.15) is 11.6 Å². The van der Waals surface area contributed by atoms with Gasteiger partial charge in [0.25, 0.3) is 11.8 Å². The smallest absolute Gasteiger partial charge is 0.341 e. The van der Waals surface area contributed by atoms with Crippen LogP contribution in [0.3, 0.4) is 0 Å². The molecular weight excluding hydrogens is 557 g/mol. The second-order valence-corrected chi connectivity index (χ2v) is 9.51. The van der Waals surface area contributed by atoms with Gasteiger partial charge in [0.15, 0.2) is 0 Å². The first-order valence-corrected chi connectivity index (χ1v) is 12.0. The highest BCUT2D eigenvalue weighted by molar-refractivity contribution is 6.31. The van der Waals surface area contributed by atoms with E-state index >= 15 is 0 Å². The molecule has 40 heavy (non-hydrogen) atoms. The van der Waals surface area contributed by atoms with Crippen molar-refractivity contribution in [2.24, 2.45) is 7.05 Å². The number of alkyl halides is 3. The molecule has 0 unspecified atom stereocenters. The highest BCUT2D eigenvalue weighted by Gasteiger charge is 2.36. The number of anilines is 1. The Kier molecular flexibility index (Phi) is 6.70. The van der Waals surface area contributed by atoms with E-state index in [0.717, 1.165) is 12.1 Å². The minimum atomic E-state index is -4.91. The average molecular weight is 574 g/mol. The van der Waals surface area contributed by atoms with Gasteiger partial charge in [0, 0.05) is 52.3 Å². The summed E-state index contributed by atoms with van der Waals surface area (Å²) < 4.78 is 69.2. The van der Waals surface area contributed by atoms with E-state index in [9.17, 15) is 36.3 Å². The fraction of sp³-hybridized carbons (Fsp3) is 0.107. The summed E-state index contributed by atoms with van der Waals surface area (Å²) >= 11 is 6.30. The quantitative estimate of drug-likeness (QED) is 0.290. The number of benzene rings is 3. The van der Waals surface area contributed by atoms with Crippen LogP contribution in [0.15, 0.2) is 71.7 Å². The Morgan fingerprint density at radius 2 is 1.70 bits per heavy atom. The molecule has 0 saturated heterocycles. The van der Waals surface area contributed by atoms with Gasteiger partial charge in [0.2, 0.25) is 5.56 Å². The molecule has 4 aromatic rings. The minimum absolute atomic E-state index is 0.0205. The molecule has 0 fully saturated rings. The Morgan fingerprint density at radius 3 is 2.40 bits per heavy atom. The van der Waals surface area contributed by atoms with Gasteiger partial charge in [-0.25, -0.2) is 8.78 Å². The lowest BCUT2D eigenvalue weighted by Crippen LogP contribution is -2.21. The lowest BCUT2D eigenvalue weighted by Gasteiger charge is -2.19. The van der Waals surface area contributed by atoms with E-state index < -0.39 is 46.8 Å². The Labute approximate surface area is 228 Å². The maximum absolute atomic E-state index is 14.1. The molecule has 0 bridgehead atoms. The predicted molar refractivity (Wildman–Crippen MR) is 137 cm³/mol. The van der Waals surface area contributed by atoms with Gasteiger partial charge in [-0.05, 0) is 65.7 Å². The van der Waals surface area contributed by atoms with Crippen LogP contribution in [-0.2, 0) is 13.2 Å². The molecule has 2 N–H and O–H groups in total. The number of carbonyl (C=O) groups is 2. The summed E-state index contributed by atoms with van der Waals surface area (Å²) in [6.07, 6.45) is -3.41. The van der Waals surface area contributed by atoms with Crippen LogP contribution in [0.4, 0.5) is 27.6 Å². The van der Waals surface area contributed by atoms with Crippen molar-refractivity contribution >= 4 is 29.1 Å². The van der Waals surface area contributed by atoms with E-state index in [1.54, 1.807) is 0 Å². The molecule has 1 aliphatic rings. The van der Waals surface area contributed by atoms with E-state index in [4.69, 9.17) is 11.6 Å². The largest absolute Gasteiger partial charge is 0.416 e. The molecule has 0 spiro atoms. The molecule has 2 heterocycles. The summed E-state index contributed by atoms with van der Waals surface area (Å²) in [5.74, 6) is -3.60. The van der Waals surface area contributed by atoms with Crippen molar-refractivity contribution in [2.75, 3.05) is 5.32 Å². The molecule has 0 aliphatic carbocycles. The molecule has 204 valence electrons. The standard InChI is InChI=1S/C28H17ClF5N3O3/c1-37-12-13(2-5-23(37)38)14-8-20-24(25(36-27(20)40)19-11-17(30)3-4-21(19)29)22(9-14)35-26(39)15-6-16(28(32,33)34)10-18(31)7-15/h2-12,25H,1H3,(H,35,39)(H,36,40)/t25-/m0/s1. The number of pyridine rings is 1. The third-order valence-electron chi connectivity index (χ3n) is 6.41. The van der Waals surface area contributed by atoms with Crippen LogP contribution in [0.25, 0.3) is 11.1 Å². The fourth-order valence-corrected chi connectivity index (χ4v) is 4.74. The Bertz CT molecular complexity index is 1770. The second-order valence-electron chi connectivity index (χ2n) is 9.10. The topological polar surface area (TPSA) is 80.2 Å². The van der Waals surface area contributed by atoms with Crippen LogP contribution in [-0.4, -0.2) is 16.4 Å². The van der Waals surface area contributed by atoms with Crippen molar-refractivity contribution in [3.05, 3.63) is 122 Å². The van der Waals surface area contributed by atoms with Crippen LogP contribution in [0, 0.1) is 11.6 Å². The summed E-state index contributed by atoms with van der Waals surface area (Å²) in [7, 11) is 1.51. The summed E-state index contributed by atoms with van der Waals surface area (Å²) in [4.78, 5) is 38.1. The van der Waals surface area contributed by atoms with Crippen molar-refractivity contribution in [1.29, 1.82) is 0 Å². The van der Waals surface area contributed by atoms with E-state index in [1.165, 1.54) is 48.1 Å². The number of hydrogen-bond donors (Lipinski definition) is 2. The molecule has 6 nitrogen and oxygen atoms in total. The highest BCUT2D eigenvalue weighted by atomic mass is 35.5. The van der Waals surface area contributed by atoms with E-state index in [-0.39, 0.29) is 39.0 Å². The number of aromatic nitrogens is 1. The number of rotatable bonds is 4. The molecule has 1 atom stereocenters. The van der Waals surface area contributed by atoms with Gasteiger partial charge in [-0.1, -0.05) is 11.6 Å². The number of hydrogen-bond acceptors (Lipinski definition) is 3. The number of nitrogens with one attached hydrogen (secondary N) is 2. The SMILES string of the molecule is Cn1cc(-c2cc(NC(=O)c3cc(F)cc(C(F)(F)F)c3)c3c(c2)C(=O)N[C@H]3c2cc(F)ccc2Cl)ccc1=O. The predicted octanol–water partition coefficient (Wildman–Crippen LogP) is 6.09. The number of carbonyl (C=O) groups excluding carboxylic acids is 2. The van der Waals surface area contributed by atoms with E-state index in [2.05, 4.69) is 10.6 Å². The maximum Gasteiger partial charge on any atom is 0.416 e. The second kappa shape index (κ2) is 9.91. The number of halogens is 6. The lowest BCUT2D eigenvalue weighted by molar-refractivity contribution is -0.137. The Balaban J connectivity index is 1.68. The third-order valence-corrected chi connectivity index (χ3v) is 6.76. The maximum atomic E-state index is 14.1. The van der Waals surface area contributed by atoms with Gasteiger partial charge in [-0.3, -0.25) is 14.4 Å². The number of aryl methyl sites for hydroxylation is 1. The molecule has 2 amide bonds. The molecular formula is C28H17ClF5N3O3. The van der Waals surface area contributed by atoms with Crippen LogP contribution in [0.5, 0.6) is 0 Å². The van der Waals surface area contributed by atoms with Crippen LogP contribution in [0.2, 0.25) is 5.02 Å². The summed E-state index contributed by atoms with van der Waals surface area (Å²) in [5, 5.41) is 5.28. The minimum Gasteiger partial charge on any atom is -0.341 e. The molecule has 12 heteroatoms. The Morgan fingerprint density at radius 1 is 0.950 bits per heavy atom. The van der Waals surface area contributed by atoms with Crippen molar-refractivity contribution in [1.82, 2.24) is 9.88 Å². The molecule has 1 aromatic heterocycles. The van der Waals surface area contributed by atoms with Crippen LogP contribution < -0.4 is 16.2 Å². The van der Waals surface area contributed by atoms with E-state index in [0.29, 0.717) is 23.3 Å².